The van der Waals surface area contributed by atoms with Gasteiger partial charge in [-0.25, -0.2) is 0 Å². The van der Waals surface area contributed by atoms with Crippen molar-refractivity contribution in [2.75, 3.05) is 21.3 Å². The summed E-state index contributed by atoms with van der Waals surface area (Å²) < 4.78 is 10.6. The maximum Gasteiger partial charge on any atom is 0.254 e. The van der Waals surface area contributed by atoms with E-state index in [-0.39, 0.29) is 11.9 Å². The van der Waals surface area contributed by atoms with E-state index in [9.17, 15) is 4.79 Å². The van der Waals surface area contributed by atoms with E-state index >= 15 is 0 Å². The first-order valence-corrected chi connectivity index (χ1v) is 9.17. The molecule has 0 atom stereocenters. The van der Waals surface area contributed by atoms with Gasteiger partial charge in [-0.05, 0) is 49.3 Å². The van der Waals surface area contributed by atoms with Gasteiger partial charge < -0.3 is 14.4 Å². The van der Waals surface area contributed by atoms with Crippen molar-refractivity contribution in [3.63, 3.8) is 0 Å². The summed E-state index contributed by atoms with van der Waals surface area (Å²) in [5, 5.41) is 0. The first-order chi connectivity index (χ1) is 12.6. The summed E-state index contributed by atoms with van der Waals surface area (Å²) in [5.74, 6) is 1.89. The van der Waals surface area contributed by atoms with Crippen LogP contribution in [0.15, 0.2) is 48.5 Å². The second kappa shape index (κ2) is 8.26. The maximum atomic E-state index is 12.9. The third-order valence-electron chi connectivity index (χ3n) is 5.43. The van der Waals surface area contributed by atoms with Crippen LogP contribution >= 0.6 is 0 Å². The minimum Gasteiger partial charge on any atom is -0.497 e. The molecule has 4 nitrogen and oxygen atoms in total. The number of hydrogen-bond acceptors (Lipinski definition) is 3. The quantitative estimate of drug-likeness (QED) is 0.794. The zero-order valence-corrected chi connectivity index (χ0v) is 15.8. The Morgan fingerprint density at radius 3 is 2.04 bits per heavy atom. The van der Waals surface area contributed by atoms with E-state index < -0.39 is 0 Å². The number of hydrogen-bond donors (Lipinski definition) is 0. The van der Waals surface area contributed by atoms with Gasteiger partial charge in [-0.2, -0.15) is 0 Å². The third-order valence-corrected chi connectivity index (χ3v) is 5.43. The highest BCUT2D eigenvalue weighted by Crippen LogP contribution is 2.35. The zero-order valence-electron chi connectivity index (χ0n) is 15.8. The standard InChI is InChI=1S/C22H27NO3/c1-23(22(24)18-13-20(25-2)15-21(14-18)26-3)19-11-9-17(10-12-19)16-7-5-4-6-8-16/h4-8,13-15,17,19H,9-12H2,1-3H3. The summed E-state index contributed by atoms with van der Waals surface area (Å²) in [6.07, 6.45) is 4.30. The van der Waals surface area contributed by atoms with Crippen molar-refractivity contribution >= 4 is 5.91 Å². The minimum atomic E-state index is 0.0189. The largest absolute Gasteiger partial charge is 0.497 e. The summed E-state index contributed by atoms with van der Waals surface area (Å²) in [5.41, 5.74) is 2.02. The molecule has 2 aromatic carbocycles. The molecule has 0 N–H and O–H groups in total. The number of methoxy groups -OCH3 is 2. The van der Waals surface area contributed by atoms with Crippen LogP contribution in [0, 0.1) is 0 Å². The molecule has 0 spiro atoms. The van der Waals surface area contributed by atoms with Gasteiger partial charge in [0.1, 0.15) is 11.5 Å². The van der Waals surface area contributed by atoms with Crippen LogP contribution in [0.3, 0.4) is 0 Å². The lowest BCUT2D eigenvalue weighted by Gasteiger charge is -2.35. The fourth-order valence-electron chi connectivity index (χ4n) is 3.82. The normalized spacial score (nSPS) is 19.7. The van der Waals surface area contributed by atoms with Crippen LogP contribution in [-0.2, 0) is 0 Å². The van der Waals surface area contributed by atoms with Gasteiger partial charge in [-0.15, -0.1) is 0 Å². The van der Waals surface area contributed by atoms with Crippen molar-refractivity contribution in [2.45, 2.75) is 37.6 Å². The molecule has 0 unspecified atom stereocenters. The van der Waals surface area contributed by atoms with Gasteiger partial charge in [-0.1, -0.05) is 30.3 Å². The van der Waals surface area contributed by atoms with Crippen LogP contribution in [0.4, 0.5) is 0 Å². The number of rotatable bonds is 5. The van der Waals surface area contributed by atoms with E-state index in [2.05, 4.69) is 30.3 Å². The molecule has 1 fully saturated rings. The molecule has 1 aliphatic rings. The maximum absolute atomic E-state index is 12.9. The van der Waals surface area contributed by atoms with E-state index in [1.165, 1.54) is 5.56 Å². The third kappa shape index (κ3) is 4.01. The SMILES string of the molecule is COc1cc(OC)cc(C(=O)N(C)C2CCC(c3ccccc3)CC2)c1. The molecule has 2 aromatic rings. The van der Waals surface area contributed by atoms with Crippen LogP contribution < -0.4 is 9.47 Å². The molecule has 0 aliphatic heterocycles. The molecule has 4 heteroatoms. The molecule has 1 aliphatic carbocycles. The van der Waals surface area contributed by atoms with Gasteiger partial charge in [0, 0.05) is 24.7 Å². The fourth-order valence-corrected chi connectivity index (χ4v) is 3.82. The lowest BCUT2D eigenvalue weighted by atomic mass is 9.81. The topological polar surface area (TPSA) is 38.8 Å². The first-order valence-electron chi connectivity index (χ1n) is 9.17. The Morgan fingerprint density at radius 1 is 0.923 bits per heavy atom. The Kier molecular flexibility index (Phi) is 5.82. The van der Waals surface area contributed by atoms with E-state index in [4.69, 9.17) is 9.47 Å². The van der Waals surface area contributed by atoms with Gasteiger partial charge in [0.2, 0.25) is 0 Å². The van der Waals surface area contributed by atoms with Gasteiger partial charge in [0.15, 0.2) is 0 Å². The Morgan fingerprint density at radius 2 is 1.50 bits per heavy atom. The Bertz CT molecular complexity index is 714. The Hall–Kier alpha value is -2.49. The molecule has 0 radical (unpaired) electrons. The predicted molar refractivity (Wildman–Crippen MR) is 103 cm³/mol. The van der Waals surface area contributed by atoms with Crippen molar-refractivity contribution in [3.05, 3.63) is 59.7 Å². The Balaban J connectivity index is 1.66. The average Bonchev–Trinajstić information content (AvgIpc) is 2.73. The second-order valence-corrected chi connectivity index (χ2v) is 6.93. The predicted octanol–water partition coefficient (Wildman–Crippen LogP) is 4.50. The van der Waals surface area contributed by atoms with Crippen molar-refractivity contribution < 1.29 is 14.3 Å². The number of amides is 1. The number of benzene rings is 2. The van der Waals surface area contributed by atoms with Crippen molar-refractivity contribution in [1.29, 1.82) is 0 Å². The van der Waals surface area contributed by atoms with Crippen molar-refractivity contribution in [2.24, 2.45) is 0 Å². The zero-order chi connectivity index (χ0) is 18.5. The molecular weight excluding hydrogens is 326 g/mol. The van der Waals surface area contributed by atoms with Crippen LogP contribution in [0.1, 0.15) is 47.5 Å². The molecule has 0 aromatic heterocycles. The number of nitrogens with zero attached hydrogens (tertiary/aromatic N) is 1. The smallest absolute Gasteiger partial charge is 0.254 e. The molecule has 0 heterocycles. The Labute approximate surface area is 155 Å². The number of carbonyl (C=O) groups is 1. The highest BCUT2D eigenvalue weighted by Gasteiger charge is 2.28. The summed E-state index contributed by atoms with van der Waals surface area (Å²) in [7, 11) is 5.09. The molecule has 3 rings (SSSR count). The highest BCUT2D eigenvalue weighted by atomic mass is 16.5. The lowest BCUT2D eigenvalue weighted by molar-refractivity contribution is 0.0688. The van der Waals surface area contributed by atoms with E-state index in [1.54, 1.807) is 32.4 Å². The first kappa shape index (κ1) is 18.3. The van der Waals surface area contributed by atoms with Gasteiger partial charge >= 0.3 is 0 Å². The summed E-state index contributed by atoms with van der Waals surface area (Å²) in [6, 6.07) is 16.3. The highest BCUT2D eigenvalue weighted by molar-refractivity contribution is 5.95. The number of ether oxygens (including phenoxy) is 2. The second-order valence-electron chi connectivity index (χ2n) is 6.93. The molecule has 1 amide bonds. The molecule has 0 saturated heterocycles. The van der Waals surface area contributed by atoms with Gasteiger partial charge in [0.25, 0.3) is 5.91 Å². The van der Waals surface area contributed by atoms with Crippen molar-refractivity contribution in [3.8, 4) is 11.5 Å². The average molecular weight is 353 g/mol. The van der Waals surface area contributed by atoms with Crippen molar-refractivity contribution in [1.82, 2.24) is 4.90 Å². The van der Waals surface area contributed by atoms with E-state index in [0.717, 1.165) is 25.7 Å². The van der Waals surface area contributed by atoms with Gasteiger partial charge in [0.05, 0.1) is 14.2 Å². The monoisotopic (exact) mass is 353 g/mol. The minimum absolute atomic E-state index is 0.0189. The number of carbonyl (C=O) groups excluding carboxylic acids is 1. The summed E-state index contributed by atoms with van der Waals surface area (Å²) >= 11 is 0. The van der Waals surface area contributed by atoms with Gasteiger partial charge in [-0.3, -0.25) is 4.79 Å². The van der Waals surface area contributed by atoms with E-state index in [1.807, 2.05) is 11.9 Å². The van der Waals surface area contributed by atoms with Crippen LogP contribution in [-0.4, -0.2) is 38.1 Å². The van der Waals surface area contributed by atoms with Crippen LogP contribution in [0.2, 0.25) is 0 Å². The van der Waals surface area contributed by atoms with Crippen LogP contribution in [0.5, 0.6) is 11.5 Å². The van der Waals surface area contributed by atoms with E-state index in [0.29, 0.717) is 23.0 Å². The molecular formula is C22H27NO3. The molecule has 26 heavy (non-hydrogen) atoms. The fraction of sp³-hybridized carbons (Fsp3) is 0.409. The summed E-state index contributed by atoms with van der Waals surface area (Å²) in [4.78, 5) is 14.8. The molecule has 0 bridgehead atoms. The molecule has 1 saturated carbocycles. The lowest BCUT2D eigenvalue weighted by Crippen LogP contribution is -2.39. The van der Waals surface area contributed by atoms with Crippen LogP contribution in [0.25, 0.3) is 0 Å². The molecule has 138 valence electrons. The summed E-state index contributed by atoms with van der Waals surface area (Å²) in [6.45, 7) is 0.